The second-order valence-electron chi connectivity index (χ2n) is 6.86. The predicted octanol–water partition coefficient (Wildman–Crippen LogP) is 1.63. The number of halogens is 2. The third-order valence-electron chi connectivity index (χ3n) is 4.85. The maximum Gasteiger partial charge on any atom is 0.266 e. The highest BCUT2D eigenvalue weighted by molar-refractivity contribution is 6.00. The lowest BCUT2D eigenvalue weighted by atomic mass is 9.77. The van der Waals surface area contributed by atoms with E-state index in [1.807, 2.05) is 6.92 Å². The van der Waals surface area contributed by atoms with E-state index >= 15 is 0 Å². The quantitative estimate of drug-likeness (QED) is 0.829. The Morgan fingerprint density at radius 1 is 1.36 bits per heavy atom. The van der Waals surface area contributed by atoms with Gasteiger partial charge in [-0.05, 0) is 25.5 Å². The van der Waals surface area contributed by atoms with Crippen molar-refractivity contribution in [3.05, 3.63) is 24.0 Å². The lowest BCUT2D eigenvalue weighted by molar-refractivity contribution is -0.161. The Bertz CT molecular complexity index is 680. The van der Waals surface area contributed by atoms with E-state index in [-0.39, 0.29) is 25.5 Å². The summed E-state index contributed by atoms with van der Waals surface area (Å²) in [6.45, 7) is 1.23. The van der Waals surface area contributed by atoms with Gasteiger partial charge in [-0.1, -0.05) is 0 Å². The van der Waals surface area contributed by atoms with Crippen molar-refractivity contribution in [2.45, 2.75) is 25.7 Å². The van der Waals surface area contributed by atoms with Crippen molar-refractivity contribution in [1.82, 2.24) is 9.88 Å². The number of hydrogen-bond donors (Lipinski definition) is 0. The lowest BCUT2D eigenvalue weighted by Crippen LogP contribution is -2.57. The SMILES string of the molecule is COCC(=O)N1CC(F)(F)C[C@]2(CCN(c3ccc(C)nc3)C2=O)C1. The summed E-state index contributed by atoms with van der Waals surface area (Å²) in [6, 6.07) is 3.53. The molecule has 1 spiro atoms. The van der Waals surface area contributed by atoms with Crippen molar-refractivity contribution >= 4 is 17.5 Å². The molecule has 1 atom stereocenters. The first-order valence-corrected chi connectivity index (χ1v) is 8.16. The number of aryl methyl sites for hydroxylation is 1. The molecular weight excluding hydrogens is 332 g/mol. The van der Waals surface area contributed by atoms with Crippen molar-refractivity contribution in [3.8, 4) is 0 Å². The van der Waals surface area contributed by atoms with Crippen LogP contribution in [0.4, 0.5) is 14.5 Å². The molecule has 1 aromatic heterocycles. The molecule has 0 unspecified atom stereocenters. The molecule has 136 valence electrons. The molecule has 0 aromatic carbocycles. The minimum Gasteiger partial charge on any atom is -0.375 e. The number of alkyl halides is 2. The molecule has 2 saturated heterocycles. The van der Waals surface area contributed by atoms with E-state index in [4.69, 9.17) is 4.74 Å². The van der Waals surface area contributed by atoms with Gasteiger partial charge in [0.15, 0.2) is 0 Å². The minimum atomic E-state index is -3.10. The van der Waals surface area contributed by atoms with Crippen LogP contribution < -0.4 is 4.90 Å². The molecule has 1 aromatic rings. The normalized spacial score (nSPS) is 25.7. The first-order chi connectivity index (χ1) is 11.8. The average Bonchev–Trinajstić information content (AvgIpc) is 2.83. The number of methoxy groups -OCH3 is 1. The highest BCUT2D eigenvalue weighted by Crippen LogP contribution is 2.46. The number of pyridine rings is 1. The molecule has 8 heteroatoms. The Balaban J connectivity index is 1.86. The maximum atomic E-state index is 14.3. The zero-order valence-corrected chi connectivity index (χ0v) is 14.3. The van der Waals surface area contributed by atoms with Crippen molar-refractivity contribution < 1.29 is 23.1 Å². The number of carbonyl (C=O) groups excluding carboxylic acids is 2. The van der Waals surface area contributed by atoms with E-state index in [0.717, 1.165) is 10.6 Å². The van der Waals surface area contributed by atoms with E-state index in [2.05, 4.69) is 4.98 Å². The van der Waals surface area contributed by atoms with Crippen LogP contribution in [0.3, 0.4) is 0 Å². The molecule has 2 aliphatic heterocycles. The average molecular weight is 353 g/mol. The van der Waals surface area contributed by atoms with E-state index in [0.29, 0.717) is 12.2 Å². The van der Waals surface area contributed by atoms with E-state index < -0.39 is 30.2 Å². The number of rotatable bonds is 3. The lowest BCUT2D eigenvalue weighted by Gasteiger charge is -2.42. The van der Waals surface area contributed by atoms with Crippen molar-refractivity contribution in [2.75, 3.05) is 38.3 Å². The zero-order valence-electron chi connectivity index (χ0n) is 14.3. The summed E-state index contributed by atoms with van der Waals surface area (Å²) in [7, 11) is 1.34. The van der Waals surface area contributed by atoms with Crippen LogP contribution in [0, 0.1) is 12.3 Å². The molecule has 0 N–H and O–H groups in total. The third-order valence-corrected chi connectivity index (χ3v) is 4.85. The summed E-state index contributed by atoms with van der Waals surface area (Å²) in [6.07, 6.45) is 1.32. The highest BCUT2D eigenvalue weighted by Gasteiger charge is 2.57. The monoisotopic (exact) mass is 353 g/mol. The number of likely N-dealkylation sites (tertiary alicyclic amines) is 1. The van der Waals surface area contributed by atoms with Crippen LogP contribution in [0.2, 0.25) is 0 Å². The van der Waals surface area contributed by atoms with E-state index in [9.17, 15) is 18.4 Å². The number of amides is 2. The number of piperidine rings is 1. The van der Waals surface area contributed by atoms with Gasteiger partial charge >= 0.3 is 0 Å². The van der Waals surface area contributed by atoms with Gasteiger partial charge in [-0.2, -0.15) is 0 Å². The van der Waals surface area contributed by atoms with Gasteiger partial charge in [0.25, 0.3) is 5.92 Å². The van der Waals surface area contributed by atoms with Crippen LogP contribution in [0.5, 0.6) is 0 Å². The Labute approximate surface area is 144 Å². The van der Waals surface area contributed by atoms with Gasteiger partial charge in [0.1, 0.15) is 6.61 Å². The number of nitrogens with zero attached hydrogens (tertiary/aromatic N) is 3. The fourth-order valence-electron chi connectivity index (χ4n) is 3.70. The van der Waals surface area contributed by atoms with Gasteiger partial charge in [0, 0.05) is 32.3 Å². The molecule has 0 aliphatic carbocycles. The van der Waals surface area contributed by atoms with Crippen LogP contribution in [-0.4, -0.2) is 61.0 Å². The summed E-state index contributed by atoms with van der Waals surface area (Å²) in [4.78, 5) is 31.7. The Hall–Kier alpha value is -2.09. The summed E-state index contributed by atoms with van der Waals surface area (Å²) in [5.41, 5.74) is 0.150. The highest BCUT2D eigenvalue weighted by atomic mass is 19.3. The summed E-state index contributed by atoms with van der Waals surface area (Å²) in [5, 5.41) is 0. The molecule has 2 amide bonds. The topological polar surface area (TPSA) is 62.7 Å². The fraction of sp³-hybridized carbons (Fsp3) is 0.588. The summed E-state index contributed by atoms with van der Waals surface area (Å²) >= 11 is 0. The molecule has 2 fully saturated rings. The number of anilines is 1. The van der Waals surface area contributed by atoms with Crippen molar-refractivity contribution in [3.63, 3.8) is 0 Å². The van der Waals surface area contributed by atoms with Crippen molar-refractivity contribution in [1.29, 1.82) is 0 Å². The third kappa shape index (κ3) is 3.35. The summed E-state index contributed by atoms with van der Waals surface area (Å²) in [5.74, 6) is -3.99. The Morgan fingerprint density at radius 2 is 2.12 bits per heavy atom. The maximum absolute atomic E-state index is 14.3. The molecule has 2 aliphatic rings. The molecule has 25 heavy (non-hydrogen) atoms. The van der Waals surface area contributed by atoms with Gasteiger partial charge in [-0.25, -0.2) is 8.78 Å². The summed E-state index contributed by atoms with van der Waals surface area (Å²) < 4.78 is 33.3. The standard InChI is InChI=1S/C17H21F2N3O3/c1-12-3-4-13(7-20-12)22-6-5-16(15(22)24)9-17(18,19)11-21(10-16)14(23)8-25-2/h3-4,7H,5-6,8-11H2,1-2H3/t16-/m1/s1. The number of ether oxygens (including phenoxy) is 1. The van der Waals surface area contributed by atoms with Crippen LogP contribution in [0.25, 0.3) is 0 Å². The molecule has 6 nitrogen and oxygen atoms in total. The minimum absolute atomic E-state index is 0.000589. The molecule has 0 saturated carbocycles. The van der Waals surface area contributed by atoms with E-state index in [1.165, 1.54) is 12.0 Å². The van der Waals surface area contributed by atoms with E-state index in [1.54, 1.807) is 18.3 Å². The smallest absolute Gasteiger partial charge is 0.266 e. The van der Waals surface area contributed by atoms with Gasteiger partial charge in [0.2, 0.25) is 11.8 Å². The second kappa shape index (κ2) is 6.33. The molecular formula is C17H21F2N3O3. The number of aromatic nitrogens is 1. The largest absolute Gasteiger partial charge is 0.375 e. The zero-order chi connectivity index (χ0) is 18.2. The van der Waals surface area contributed by atoms with Crippen LogP contribution in [0.15, 0.2) is 18.3 Å². The molecule has 0 bridgehead atoms. The van der Waals surface area contributed by atoms with Crippen LogP contribution >= 0.6 is 0 Å². The van der Waals surface area contributed by atoms with Crippen molar-refractivity contribution in [2.24, 2.45) is 5.41 Å². The Kier molecular flexibility index (Phi) is 4.49. The van der Waals surface area contributed by atoms with Gasteiger partial charge in [-0.15, -0.1) is 0 Å². The molecule has 3 rings (SSSR count). The van der Waals surface area contributed by atoms with Gasteiger partial charge < -0.3 is 14.5 Å². The van der Waals surface area contributed by atoms with Crippen LogP contribution in [-0.2, 0) is 14.3 Å². The number of hydrogen-bond acceptors (Lipinski definition) is 4. The molecule has 3 heterocycles. The fourth-order valence-corrected chi connectivity index (χ4v) is 3.70. The first-order valence-electron chi connectivity index (χ1n) is 8.16. The second-order valence-corrected chi connectivity index (χ2v) is 6.86. The number of carbonyl (C=O) groups is 2. The van der Waals surface area contributed by atoms with Gasteiger partial charge in [-0.3, -0.25) is 14.6 Å². The molecule has 0 radical (unpaired) electrons. The van der Waals surface area contributed by atoms with Gasteiger partial charge in [0.05, 0.1) is 23.8 Å². The predicted molar refractivity (Wildman–Crippen MR) is 86.4 cm³/mol. The van der Waals surface area contributed by atoms with Crippen LogP contribution in [0.1, 0.15) is 18.5 Å². The Morgan fingerprint density at radius 3 is 2.76 bits per heavy atom. The first kappa shape index (κ1) is 17.7.